The molecule has 2 heteroatoms. The van der Waals surface area contributed by atoms with Gasteiger partial charge in [0.25, 0.3) is 0 Å². The molecule has 0 aromatic heterocycles. The fraction of sp³-hybridized carbons (Fsp3) is 0.583. The highest BCUT2D eigenvalue weighted by molar-refractivity contribution is 5.86. The SMILES string of the molecule is CC(NCCN[C@@H]1C[C@@H]2C[C@H]([C@H]1C)C2(C)C)c1cccc2ccccc12. The van der Waals surface area contributed by atoms with Gasteiger partial charge in [0, 0.05) is 25.2 Å². The lowest BCUT2D eigenvalue weighted by atomic mass is 9.45. The number of hydrogen-bond acceptors (Lipinski definition) is 2. The molecule has 3 saturated carbocycles. The molecular weight excluding hydrogens is 316 g/mol. The van der Waals surface area contributed by atoms with E-state index < -0.39 is 0 Å². The number of hydrogen-bond donors (Lipinski definition) is 2. The molecule has 3 aliphatic rings. The second-order valence-electron chi connectivity index (χ2n) is 9.26. The third-order valence-electron chi connectivity index (χ3n) is 7.63. The maximum atomic E-state index is 3.85. The summed E-state index contributed by atoms with van der Waals surface area (Å²) in [6, 6.07) is 16.4. The van der Waals surface area contributed by atoms with Crippen LogP contribution in [0.3, 0.4) is 0 Å². The maximum absolute atomic E-state index is 3.85. The van der Waals surface area contributed by atoms with Crippen LogP contribution in [0.15, 0.2) is 42.5 Å². The molecule has 2 N–H and O–H groups in total. The van der Waals surface area contributed by atoms with Crippen LogP contribution in [0.1, 0.15) is 52.1 Å². The third-order valence-corrected chi connectivity index (χ3v) is 7.63. The first-order chi connectivity index (χ1) is 12.5. The lowest BCUT2D eigenvalue weighted by molar-refractivity contribution is -0.114. The Labute approximate surface area is 158 Å². The Balaban J connectivity index is 1.29. The average Bonchev–Trinajstić information content (AvgIpc) is 2.65. The smallest absolute Gasteiger partial charge is 0.0298 e. The first-order valence-corrected chi connectivity index (χ1v) is 10.4. The monoisotopic (exact) mass is 350 g/mol. The molecule has 140 valence electrons. The van der Waals surface area contributed by atoms with Gasteiger partial charge >= 0.3 is 0 Å². The van der Waals surface area contributed by atoms with Crippen LogP contribution < -0.4 is 10.6 Å². The molecule has 0 saturated heterocycles. The molecule has 0 heterocycles. The normalized spacial score (nSPS) is 30.8. The summed E-state index contributed by atoms with van der Waals surface area (Å²) in [6.45, 7) is 11.8. The Hall–Kier alpha value is -1.38. The highest BCUT2D eigenvalue weighted by Gasteiger charge is 2.55. The summed E-state index contributed by atoms with van der Waals surface area (Å²) in [5.41, 5.74) is 1.98. The van der Waals surface area contributed by atoms with E-state index >= 15 is 0 Å². The van der Waals surface area contributed by atoms with Gasteiger partial charge in [0.2, 0.25) is 0 Å². The first kappa shape index (κ1) is 18.0. The quantitative estimate of drug-likeness (QED) is 0.704. The standard InChI is InChI=1S/C24H34N2/c1-16-22-14-19(24(22,3)4)15-23(16)26-13-12-25-17(2)20-11-7-9-18-8-5-6-10-21(18)20/h5-11,16-17,19,22-23,25-26H,12-15H2,1-4H3/t16-,17?,19+,22-,23-/m1/s1. The molecular formula is C24H34N2. The van der Waals surface area contributed by atoms with E-state index in [1.54, 1.807) is 0 Å². The molecule has 2 bridgehead atoms. The minimum Gasteiger partial charge on any atom is -0.312 e. The van der Waals surface area contributed by atoms with Crippen LogP contribution >= 0.6 is 0 Å². The topological polar surface area (TPSA) is 24.1 Å². The van der Waals surface area contributed by atoms with E-state index in [1.807, 2.05) is 0 Å². The number of fused-ring (bicyclic) bond motifs is 3. The summed E-state index contributed by atoms with van der Waals surface area (Å²) in [5.74, 6) is 2.66. The van der Waals surface area contributed by atoms with Crippen LogP contribution in [-0.2, 0) is 0 Å². The Bertz CT molecular complexity index is 760. The maximum Gasteiger partial charge on any atom is 0.0298 e. The van der Waals surface area contributed by atoms with Crippen molar-refractivity contribution in [1.82, 2.24) is 10.6 Å². The van der Waals surface area contributed by atoms with E-state index in [0.29, 0.717) is 17.5 Å². The number of nitrogens with one attached hydrogen (secondary N) is 2. The molecule has 3 fully saturated rings. The van der Waals surface area contributed by atoms with Gasteiger partial charge in [-0.2, -0.15) is 0 Å². The van der Waals surface area contributed by atoms with Crippen LogP contribution in [-0.4, -0.2) is 19.1 Å². The second-order valence-corrected chi connectivity index (χ2v) is 9.26. The van der Waals surface area contributed by atoms with Gasteiger partial charge in [0.05, 0.1) is 0 Å². The lowest BCUT2D eigenvalue weighted by Gasteiger charge is -2.62. The van der Waals surface area contributed by atoms with Gasteiger partial charge in [0.1, 0.15) is 0 Å². The molecule has 1 unspecified atom stereocenters. The molecule has 2 aromatic rings. The zero-order valence-corrected chi connectivity index (χ0v) is 16.8. The predicted molar refractivity (Wildman–Crippen MR) is 111 cm³/mol. The fourth-order valence-corrected chi connectivity index (χ4v) is 5.70. The number of rotatable bonds is 6. The number of benzene rings is 2. The third kappa shape index (κ3) is 3.08. The lowest BCUT2D eigenvalue weighted by Crippen LogP contribution is -2.60. The summed E-state index contributed by atoms with van der Waals surface area (Å²) < 4.78 is 0. The van der Waals surface area contributed by atoms with Gasteiger partial charge < -0.3 is 10.6 Å². The van der Waals surface area contributed by atoms with Gasteiger partial charge in [-0.1, -0.05) is 63.2 Å². The van der Waals surface area contributed by atoms with Crippen molar-refractivity contribution in [3.05, 3.63) is 48.0 Å². The van der Waals surface area contributed by atoms with Crippen LogP contribution in [0.4, 0.5) is 0 Å². The predicted octanol–water partition coefficient (Wildman–Crippen LogP) is 5.15. The van der Waals surface area contributed by atoms with Crippen molar-refractivity contribution < 1.29 is 0 Å². The van der Waals surface area contributed by atoms with Gasteiger partial charge in [-0.15, -0.1) is 0 Å². The molecule has 5 rings (SSSR count). The highest BCUT2D eigenvalue weighted by Crippen LogP contribution is 2.61. The van der Waals surface area contributed by atoms with Crippen molar-refractivity contribution in [2.75, 3.05) is 13.1 Å². The molecule has 5 atom stereocenters. The minimum absolute atomic E-state index is 0.374. The highest BCUT2D eigenvalue weighted by atomic mass is 15.0. The van der Waals surface area contributed by atoms with Crippen LogP contribution in [0, 0.1) is 23.2 Å². The molecule has 0 amide bonds. The summed E-state index contributed by atoms with van der Waals surface area (Å²) >= 11 is 0. The van der Waals surface area contributed by atoms with Crippen molar-refractivity contribution in [1.29, 1.82) is 0 Å². The molecule has 2 nitrogen and oxygen atoms in total. The Morgan fingerprint density at radius 1 is 1.04 bits per heavy atom. The van der Waals surface area contributed by atoms with Crippen molar-refractivity contribution >= 4 is 10.8 Å². The molecule has 3 aliphatic carbocycles. The first-order valence-electron chi connectivity index (χ1n) is 10.4. The van der Waals surface area contributed by atoms with E-state index in [4.69, 9.17) is 0 Å². The Kier molecular flexibility index (Phi) is 4.83. The summed E-state index contributed by atoms with van der Waals surface area (Å²) in [7, 11) is 0. The fourth-order valence-electron chi connectivity index (χ4n) is 5.70. The molecule has 0 spiro atoms. The minimum atomic E-state index is 0.374. The van der Waals surface area contributed by atoms with Crippen LogP contribution in [0.2, 0.25) is 0 Å². The van der Waals surface area contributed by atoms with Crippen LogP contribution in [0.25, 0.3) is 10.8 Å². The van der Waals surface area contributed by atoms with Gasteiger partial charge in [-0.05, 0) is 59.3 Å². The summed E-state index contributed by atoms with van der Waals surface area (Å²) in [5, 5.41) is 10.3. The molecule has 0 radical (unpaired) electrons. The average molecular weight is 351 g/mol. The molecule has 2 aromatic carbocycles. The van der Waals surface area contributed by atoms with Crippen molar-refractivity contribution in [3.63, 3.8) is 0 Å². The summed E-state index contributed by atoms with van der Waals surface area (Å²) in [6.07, 6.45) is 2.83. The summed E-state index contributed by atoms with van der Waals surface area (Å²) in [4.78, 5) is 0. The van der Waals surface area contributed by atoms with E-state index in [-0.39, 0.29) is 0 Å². The van der Waals surface area contributed by atoms with Crippen molar-refractivity contribution in [2.24, 2.45) is 23.2 Å². The second kappa shape index (κ2) is 6.98. The van der Waals surface area contributed by atoms with Crippen molar-refractivity contribution in [3.8, 4) is 0 Å². The van der Waals surface area contributed by atoms with E-state index in [2.05, 4.69) is 80.8 Å². The van der Waals surface area contributed by atoms with E-state index in [9.17, 15) is 0 Å². The Morgan fingerprint density at radius 3 is 2.58 bits per heavy atom. The zero-order chi connectivity index (χ0) is 18.3. The van der Waals surface area contributed by atoms with E-state index in [1.165, 1.54) is 29.2 Å². The van der Waals surface area contributed by atoms with Crippen molar-refractivity contribution in [2.45, 2.75) is 52.6 Å². The Morgan fingerprint density at radius 2 is 1.81 bits per heavy atom. The zero-order valence-electron chi connectivity index (χ0n) is 16.8. The largest absolute Gasteiger partial charge is 0.312 e. The van der Waals surface area contributed by atoms with Crippen LogP contribution in [0.5, 0.6) is 0 Å². The van der Waals surface area contributed by atoms with Gasteiger partial charge in [-0.25, -0.2) is 0 Å². The molecule has 26 heavy (non-hydrogen) atoms. The van der Waals surface area contributed by atoms with Gasteiger partial charge in [-0.3, -0.25) is 0 Å². The molecule has 0 aliphatic heterocycles. The van der Waals surface area contributed by atoms with Gasteiger partial charge in [0.15, 0.2) is 0 Å². The van der Waals surface area contributed by atoms with E-state index in [0.717, 1.165) is 30.8 Å².